The Morgan fingerprint density at radius 3 is 2.80 bits per heavy atom. The van der Waals surface area contributed by atoms with Crippen LogP contribution in [0, 0.1) is 0 Å². The van der Waals surface area contributed by atoms with Crippen LogP contribution in [-0.4, -0.2) is 18.8 Å². The second-order valence-electron chi connectivity index (χ2n) is 3.09. The summed E-state index contributed by atoms with van der Waals surface area (Å²) in [6.45, 7) is 0.204. The van der Waals surface area contributed by atoms with Crippen LogP contribution in [0.25, 0.3) is 0 Å². The quantitative estimate of drug-likeness (QED) is 0.840. The van der Waals surface area contributed by atoms with Crippen LogP contribution in [0.15, 0.2) is 12.1 Å². The SMILES string of the molecule is COc1cc(Cl)cc(C(F)CCN)c1O. The first-order valence-electron chi connectivity index (χ1n) is 4.50. The highest BCUT2D eigenvalue weighted by molar-refractivity contribution is 6.30. The van der Waals surface area contributed by atoms with Crippen LogP contribution in [0.4, 0.5) is 4.39 Å². The van der Waals surface area contributed by atoms with Gasteiger partial charge in [-0.05, 0) is 19.0 Å². The molecule has 0 bridgehead atoms. The van der Waals surface area contributed by atoms with Crippen molar-refractivity contribution >= 4 is 11.6 Å². The van der Waals surface area contributed by atoms with Crippen molar-refractivity contribution < 1.29 is 14.2 Å². The van der Waals surface area contributed by atoms with E-state index < -0.39 is 6.17 Å². The number of benzene rings is 1. The highest BCUT2D eigenvalue weighted by Gasteiger charge is 2.17. The van der Waals surface area contributed by atoms with Crippen LogP contribution in [0.1, 0.15) is 18.2 Å². The Morgan fingerprint density at radius 1 is 1.60 bits per heavy atom. The normalized spacial score (nSPS) is 12.5. The summed E-state index contributed by atoms with van der Waals surface area (Å²) in [5.41, 5.74) is 5.36. The Balaban J connectivity index is 3.11. The molecule has 84 valence electrons. The topological polar surface area (TPSA) is 55.5 Å². The van der Waals surface area contributed by atoms with Gasteiger partial charge in [-0.3, -0.25) is 0 Å². The van der Waals surface area contributed by atoms with Gasteiger partial charge < -0.3 is 15.6 Å². The van der Waals surface area contributed by atoms with Crippen LogP contribution in [0.2, 0.25) is 5.02 Å². The zero-order valence-corrected chi connectivity index (χ0v) is 9.09. The van der Waals surface area contributed by atoms with Crippen molar-refractivity contribution in [2.24, 2.45) is 5.73 Å². The maximum absolute atomic E-state index is 13.5. The van der Waals surface area contributed by atoms with Crippen molar-refractivity contribution in [1.82, 2.24) is 0 Å². The number of alkyl halides is 1. The highest BCUT2D eigenvalue weighted by atomic mass is 35.5. The number of phenols is 1. The fraction of sp³-hybridized carbons (Fsp3) is 0.400. The molecule has 0 fully saturated rings. The lowest BCUT2D eigenvalue weighted by atomic mass is 10.1. The van der Waals surface area contributed by atoms with E-state index in [1.54, 1.807) is 0 Å². The molecule has 3 N–H and O–H groups in total. The van der Waals surface area contributed by atoms with Crippen molar-refractivity contribution in [1.29, 1.82) is 0 Å². The maximum Gasteiger partial charge on any atom is 0.163 e. The van der Waals surface area contributed by atoms with Gasteiger partial charge in [0.1, 0.15) is 6.17 Å². The summed E-state index contributed by atoms with van der Waals surface area (Å²) in [5, 5.41) is 9.96. The summed E-state index contributed by atoms with van der Waals surface area (Å²) in [4.78, 5) is 0. The second-order valence-corrected chi connectivity index (χ2v) is 3.53. The predicted molar refractivity (Wildman–Crippen MR) is 57.2 cm³/mol. The fourth-order valence-electron chi connectivity index (χ4n) is 1.29. The molecular weight excluding hydrogens is 221 g/mol. The molecule has 1 unspecified atom stereocenters. The molecular formula is C10H13ClFNO2. The number of aromatic hydroxyl groups is 1. The van der Waals surface area contributed by atoms with Gasteiger partial charge in [-0.1, -0.05) is 11.6 Å². The predicted octanol–water partition coefficient (Wildman–Crippen LogP) is 2.41. The van der Waals surface area contributed by atoms with Gasteiger partial charge in [0.05, 0.1) is 7.11 Å². The number of phenolic OH excluding ortho intramolecular Hbond substituents is 1. The molecule has 3 nitrogen and oxygen atoms in total. The number of nitrogens with two attached hydrogens (primary N) is 1. The van der Waals surface area contributed by atoms with Gasteiger partial charge in [-0.2, -0.15) is 0 Å². The molecule has 15 heavy (non-hydrogen) atoms. The van der Waals surface area contributed by atoms with E-state index in [-0.39, 0.29) is 30.0 Å². The third-order valence-electron chi connectivity index (χ3n) is 2.05. The largest absolute Gasteiger partial charge is 0.504 e. The number of methoxy groups -OCH3 is 1. The van der Waals surface area contributed by atoms with Gasteiger partial charge in [0, 0.05) is 16.7 Å². The highest BCUT2D eigenvalue weighted by Crippen LogP contribution is 2.38. The second kappa shape index (κ2) is 5.19. The van der Waals surface area contributed by atoms with E-state index in [1.807, 2.05) is 0 Å². The molecule has 5 heteroatoms. The zero-order valence-electron chi connectivity index (χ0n) is 8.34. The minimum absolute atomic E-state index is 0.116. The van der Waals surface area contributed by atoms with Crippen molar-refractivity contribution in [3.8, 4) is 11.5 Å². The van der Waals surface area contributed by atoms with Crippen molar-refractivity contribution in [2.45, 2.75) is 12.6 Å². The Morgan fingerprint density at radius 2 is 2.27 bits per heavy atom. The zero-order chi connectivity index (χ0) is 11.4. The lowest BCUT2D eigenvalue weighted by molar-refractivity contribution is 0.307. The van der Waals surface area contributed by atoms with E-state index in [0.29, 0.717) is 5.02 Å². The van der Waals surface area contributed by atoms with E-state index in [0.717, 1.165) is 0 Å². The van der Waals surface area contributed by atoms with Crippen LogP contribution in [-0.2, 0) is 0 Å². The lowest BCUT2D eigenvalue weighted by Gasteiger charge is -2.12. The minimum Gasteiger partial charge on any atom is -0.504 e. The first kappa shape index (κ1) is 12.1. The van der Waals surface area contributed by atoms with Crippen molar-refractivity contribution in [3.05, 3.63) is 22.7 Å². The van der Waals surface area contributed by atoms with E-state index in [2.05, 4.69) is 0 Å². The third kappa shape index (κ3) is 2.73. The van der Waals surface area contributed by atoms with Crippen LogP contribution in [0.3, 0.4) is 0 Å². The Bertz CT molecular complexity index is 346. The summed E-state index contributed by atoms with van der Waals surface area (Å²) in [5.74, 6) is -0.0555. The molecule has 1 atom stereocenters. The number of ether oxygens (including phenoxy) is 1. The van der Waals surface area contributed by atoms with Gasteiger partial charge in [-0.25, -0.2) is 4.39 Å². The number of halogens is 2. The molecule has 0 aromatic heterocycles. The van der Waals surface area contributed by atoms with Crippen LogP contribution < -0.4 is 10.5 Å². The average Bonchev–Trinajstić information content (AvgIpc) is 2.21. The molecule has 0 amide bonds. The number of rotatable bonds is 4. The van der Waals surface area contributed by atoms with Gasteiger partial charge >= 0.3 is 0 Å². The molecule has 0 aliphatic carbocycles. The van der Waals surface area contributed by atoms with E-state index >= 15 is 0 Å². The molecule has 1 rings (SSSR count). The molecule has 0 aliphatic heterocycles. The van der Waals surface area contributed by atoms with Gasteiger partial charge in [0.25, 0.3) is 0 Å². The summed E-state index contributed by atoms with van der Waals surface area (Å²) < 4.78 is 18.4. The standard InChI is InChI=1S/C10H13ClFNO2/c1-15-9-5-6(11)4-7(10(9)14)8(12)2-3-13/h4-5,8,14H,2-3,13H2,1H3. The van der Waals surface area contributed by atoms with E-state index in [9.17, 15) is 9.50 Å². The number of hydrogen-bond donors (Lipinski definition) is 2. The third-order valence-corrected chi connectivity index (χ3v) is 2.26. The monoisotopic (exact) mass is 233 g/mol. The first-order valence-corrected chi connectivity index (χ1v) is 4.88. The number of hydrogen-bond acceptors (Lipinski definition) is 3. The summed E-state index contributed by atoms with van der Waals surface area (Å²) in [6, 6.07) is 2.80. The smallest absolute Gasteiger partial charge is 0.163 e. The van der Waals surface area contributed by atoms with Gasteiger partial charge in [-0.15, -0.1) is 0 Å². The Kier molecular flexibility index (Phi) is 4.17. The van der Waals surface area contributed by atoms with E-state index in [1.165, 1.54) is 19.2 Å². The lowest BCUT2D eigenvalue weighted by Crippen LogP contribution is -2.04. The fourth-order valence-corrected chi connectivity index (χ4v) is 1.51. The first-order chi connectivity index (χ1) is 7.10. The van der Waals surface area contributed by atoms with Gasteiger partial charge in [0.15, 0.2) is 11.5 Å². The Labute approximate surface area is 92.6 Å². The summed E-state index contributed by atoms with van der Waals surface area (Å²) >= 11 is 5.76. The molecule has 0 aliphatic rings. The molecule has 0 heterocycles. The summed E-state index contributed by atoms with van der Waals surface area (Å²) in [6.07, 6.45) is -1.19. The molecule has 0 saturated carbocycles. The van der Waals surface area contributed by atoms with E-state index in [4.69, 9.17) is 22.1 Å². The van der Waals surface area contributed by atoms with Crippen molar-refractivity contribution in [3.63, 3.8) is 0 Å². The van der Waals surface area contributed by atoms with Crippen LogP contribution >= 0.6 is 11.6 Å². The average molecular weight is 234 g/mol. The molecule has 0 radical (unpaired) electrons. The maximum atomic E-state index is 13.5. The summed E-state index contributed by atoms with van der Waals surface area (Å²) in [7, 11) is 1.38. The Hall–Kier alpha value is -1.00. The van der Waals surface area contributed by atoms with Crippen LogP contribution in [0.5, 0.6) is 11.5 Å². The molecule has 0 saturated heterocycles. The minimum atomic E-state index is -1.33. The molecule has 1 aromatic rings. The molecule has 1 aromatic carbocycles. The van der Waals surface area contributed by atoms with Crippen molar-refractivity contribution in [2.75, 3.05) is 13.7 Å². The van der Waals surface area contributed by atoms with Gasteiger partial charge in [0.2, 0.25) is 0 Å². The molecule has 0 spiro atoms.